The Morgan fingerprint density at radius 3 is 2.17 bits per heavy atom. The third-order valence-corrected chi connectivity index (χ3v) is 3.19. The second-order valence-electron chi connectivity index (χ2n) is 4.89. The van der Waals surface area contributed by atoms with Crippen LogP contribution in [0.4, 0.5) is 19.0 Å². The van der Waals surface area contributed by atoms with Crippen molar-refractivity contribution in [1.29, 1.82) is 0 Å². The first-order valence-corrected chi connectivity index (χ1v) is 6.73. The van der Waals surface area contributed by atoms with E-state index in [4.69, 9.17) is 15.0 Å². The molecule has 1 aromatic rings. The van der Waals surface area contributed by atoms with Crippen LogP contribution in [0.5, 0.6) is 0 Å². The number of hydrogen-bond acceptors (Lipinski definition) is 5. The number of hydrogen-bond donors (Lipinski definition) is 2. The van der Waals surface area contributed by atoms with E-state index in [1.165, 1.54) is 0 Å². The zero-order chi connectivity index (χ0) is 17.5. The van der Waals surface area contributed by atoms with Gasteiger partial charge in [0.05, 0.1) is 6.20 Å². The van der Waals surface area contributed by atoms with E-state index in [1.807, 2.05) is 0 Å². The van der Waals surface area contributed by atoms with Gasteiger partial charge in [-0.3, -0.25) is 9.78 Å². The van der Waals surface area contributed by atoms with Crippen LogP contribution in [0.3, 0.4) is 0 Å². The van der Waals surface area contributed by atoms with Crippen LogP contribution in [0.1, 0.15) is 19.3 Å². The number of alkyl halides is 3. The molecule has 0 radical (unpaired) electrons. The SMILES string of the molecule is O=C(O)C(F)(F)F.O=C(O)CC1CCN(c2cnccn2)CC1. The van der Waals surface area contributed by atoms with Crippen molar-refractivity contribution in [3.63, 3.8) is 0 Å². The number of nitrogens with zero attached hydrogens (tertiary/aromatic N) is 3. The first kappa shape index (κ1) is 18.7. The molecule has 0 bridgehead atoms. The maximum atomic E-state index is 10.6. The molecule has 10 heteroatoms. The maximum absolute atomic E-state index is 10.6. The fraction of sp³-hybridized carbons (Fsp3) is 0.538. The molecule has 1 fully saturated rings. The summed E-state index contributed by atoms with van der Waals surface area (Å²) in [5.74, 6) is -2.26. The molecule has 2 heterocycles. The summed E-state index contributed by atoms with van der Waals surface area (Å²) in [7, 11) is 0. The third-order valence-electron chi connectivity index (χ3n) is 3.19. The van der Waals surface area contributed by atoms with Gasteiger partial charge in [-0.2, -0.15) is 13.2 Å². The van der Waals surface area contributed by atoms with Crippen LogP contribution in [0.25, 0.3) is 0 Å². The van der Waals surface area contributed by atoms with Crippen molar-refractivity contribution in [2.24, 2.45) is 5.92 Å². The number of anilines is 1. The van der Waals surface area contributed by atoms with Gasteiger partial charge < -0.3 is 15.1 Å². The minimum atomic E-state index is -5.08. The van der Waals surface area contributed by atoms with E-state index in [9.17, 15) is 18.0 Å². The molecule has 1 aliphatic heterocycles. The number of carbonyl (C=O) groups is 2. The fourth-order valence-electron chi connectivity index (χ4n) is 2.07. The van der Waals surface area contributed by atoms with Gasteiger partial charge in [0.2, 0.25) is 0 Å². The summed E-state index contributed by atoms with van der Waals surface area (Å²) in [6.45, 7) is 1.74. The lowest BCUT2D eigenvalue weighted by Crippen LogP contribution is -2.34. The van der Waals surface area contributed by atoms with Gasteiger partial charge >= 0.3 is 18.1 Å². The Balaban J connectivity index is 0.000000322. The highest BCUT2D eigenvalue weighted by atomic mass is 19.4. The van der Waals surface area contributed by atoms with Crippen LogP contribution in [0, 0.1) is 5.92 Å². The molecular formula is C13H16F3N3O4. The number of halogens is 3. The van der Waals surface area contributed by atoms with Crippen molar-refractivity contribution in [1.82, 2.24) is 9.97 Å². The second kappa shape index (κ2) is 8.30. The fourth-order valence-corrected chi connectivity index (χ4v) is 2.07. The molecule has 2 N–H and O–H groups in total. The average molecular weight is 335 g/mol. The predicted molar refractivity (Wildman–Crippen MR) is 72.9 cm³/mol. The van der Waals surface area contributed by atoms with Gasteiger partial charge in [-0.1, -0.05) is 0 Å². The molecule has 7 nitrogen and oxygen atoms in total. The minimum absolute atomic E-state index is 0.286. The molecule has 128 valence electrons. The van der Waals surface area contributed by atoms with E-state index >= 15 is 0 Å². The molecule has 0 amide bonds. The molecule has 1 aliphatic rings. The van der Waals surface area contributed by atoms with Crippen molar-refractivity contribution >= 4 is 17.8 Å². The number of carboxylic acids is 2. The summed E-state index contributed by atoms with van der Waals surface area (Å²) in [4.78, 5) is 29.9. The van der Waals surface area contributed by atoms with Gasteiger partial charge in [-0.05, 0) is 18.8 Å². The van der Waals surface area contributed by atoms with Crippen LogP contribution < -0.4 is 4.90 Å². The van der Waals surface area contributed by atoms with E-state index in [0.717, 1.165) is 31.7 Å². The quantitative estimate of drug-likeness (QED) is 0.868. The van der Waals surface area contributed by atoms with Crippen molar-refractivity contribution < 1.29 is 33.0 Å². The molecule has 0 spiro atoms. The number of rotatable bonds is 3. The molecule has 1 aromatic heterocycles. The Morgan fingerprint density at radius 2 is 1.78 bits per heavy atom. The molecule has 23 heavy (non-hydrogen) atoms. The molecule has 1 saturated heterocycles. The average Bonchev–Trinajstić information content (AvgIpc) is 2.48. The van der Waals surface area contributed by atoms with Gasteiger partial charge in [0.15, 0.2) is 0 Å². The molecule has 0 saturated carbocycles. The number of carboxylic acid groups (broad SMARTS) is 2. The number of aliphatic carboxylic acids is 2. The van der Waals surface area contributed by atoms with Crippen molar-refractivity contribution in [3.05, 3.63) is 18.6 Å². The Bertz CT molecular complexity index is 517. The number of piperidine rings is 1. The van der Waals surface area contributed by atoms with E-state index < -0.39 is 18.1 Å². The summed E-state index contributed by atoms with van der Waals surface area (Å²) in [6, 6.07) is 0. The molecule has 0 aliphatic carbocycles. The Labute approximate surface area is 129 Å². The molecule has 0 atom stereocenters. The maximum Gasteiger partial charge on any atom is 0.490 e. The first-order valence-electron chi connectivity index (χ1n) is 6.73. The highest BCUT2D eigenvalue weighted by Crippen LogP contribution is 2.23. The summed E-state index contributed by atoms with van der Waals surface area (Å²) in [5.41, 5.74) is 0. The zero-order valence-corrected chi connectivity index (χ0v) is 12.0. The standard InChI is InChI=1S/C11H15N3O2.C2HF3O2/c15-11(16)7-9-1-5-14(6-2-9)10-8-12-3-4-13-10;3-2(4,5)1(6)7/h3-4,8-9H,1-2,5-7H2,(H,15,16);(H,6,7). The van der Waals surface area contributed by atoms with Gasteiger partial charge in [0, 0.05) is 31.9 Å². The Kier molecular flexibility index (Phi) is 6.73. The Hall–Kier alpha value is -2.39. The van der Waals surface area contributed by atoms with E-state index in [-0.39, 0.29) is 6.42 Å². The topological polar surface area (TPSA) is 104 Å². The predicted octanol–water partition coefficient (Wildman–Crippen LogP) is 1.80. The van der Waals surface area contributed by atoms with Gasteiger partial charge in [0.1, 0.15) is 5.82 Å². The van der Waals surface area contributed by atoms with Gasteiger partial charge in [-0.25, -0.2) is 9.78 Å². The van der Waals surface area contributed by atoms with Crippen LogP contribution in [-0.2, 0) is 9.59 Å². The second-order valence-corrected chi connectivity index (χ2v) is 4.89. The Morgan fingerprint density at radius 1 is 1.22 bits per heavy atom. The van der Waals surface area contributed by atoms with Crippen LogP contribution in [0.15, 0.2) is 18.6 Å². The summed E-state index contributed by atoms with van der Waals surface area (Å²) in [5, 5.41) is 15.8. The monoisotopic (exact) mass is 335 g/mol. The van der Waals surface area contributed by atoms with Crippen molar-refractivity contribution in [2.75, 3.05) is 18.0 Å². The van der Waals surface area contributed by atoms with Crippen LogP contribution >= 0.6 is 0 Å². The lowest BCUT2D eigenvalue weighted by Gasteiger charge is -2.31. The largest absolute Gasteiger partial charge is 0.490 e. The van der Waals surface area contributed by atoms with Crippen LogP contribution in [-0.4, -0.2) is 51.4 Å². The molecular weight excluding hydrogens is 319 g/mol. The zero-order valence-electron chi connectivity index (χ0n) is 12.0. The van der Waals surface area contributed by atoms with Crippen molar-refractivity contribution in [2.45, 2.75) is 25.4 Å². The smallest absolute Gasteiger partial charge is 0.481 e. The molecule has 2 rings (SSSR count). The molecule has 0 aromatic carbocycles. The van der Waals surface area contributed by atoms with Crippen molar-refractivity contribution in [3.8, 4) is 0 Å². The van der Waals surface area contributed by atoms with E-state index in [2.05, 4.69) is 14.9 Å². The van der Waals surface area contributed by atoms with E-state index in [1.54, 1.807) is 18.6 Å². The minimum Gasteiger partial charge on any atom is -0.481 e. The summed E-state index contributed by atoms with van der Waals surface area (Å²) in [6.07, 6.45) is 2.12. The lowest BCUT2D eigenvalue weighted by molar-refractivity contribution is -0.192. The normalized spacial score (nSPS) is 15.5. The highest BCUT2D eigenvalue weighted by molar-refractivity contribution is 5.73. The number of aromatic nitrogens is 2. The van der Waals surface area contributed by atoms with Gasteiger partial charge in [0.25, 0.3) is 0 Å². The summed E-state index contributed by atoms with van der Waals surface area (Å²) >= 11 is 0. The lowest BCUT2D eigenvalue weighted by atomic mass is 9.94. The highest BCUT2D eigenvalue weighted by Gasteiger charge is 2.38. The molecule has 0 unspecified atom stereocenters. The summed E-state index contributed by atoms with van der Waals surface area (Å²) < 4.78 is 31.7. The third kappa shape index (κ3) is 6.94. The van der Waals surface area contributed by atoms with Gasteiger partial charge in [-0.15, -0.1) is 0 Å². The van der Waals surface area contributed by atoms with Crippen LogP contribution in [0.2, 0.25) is 0 Å². The van der Waals surface area contributed by atoms with E-state index in [0.29, 0.717) is 5.92 Å². The first-order chi connectivity index (χ1) is 10.7.